The van der Waals surface area contributed by atoms with Crippen LogP contribution in [0.2, 0.25) is 0 Å². The summed E-state index contributed by atoms with van der Waals surface area (Å²) in [5.74, 6) is 2.14. The van der Waals surface area contributed by atoms with Crippen molar-refractivity contribution in [2.24, 2.45) is 0 Å². The van der Waals surface area contributed by atoms with Crippen LogP contribution in [0, 0.1) is 6.92 Å². The van der Waals surface area contributed by atoms with Crippen molar-refractivity contribution in [2.75, 3.05) is 37.9 Å². The van der Waals surface area contributed by atoms with E-state index in [1.807, 2.05) is 45.9 Å². The zero-order valence-electron chi connectivity index (χ0n) is 16.9. The van der Waals surface area contributed by atoms with Crippen molar-refractivity contribution in [3.05, 3.63) is 41.5 Å². The van der Waals surface area contributed by atoms with Crippen LogP contribution in [0.3, 0.4) is 0 Å². The van der Waals surface area contributed by atoms with Crippen molar-refractivity contribution in [3.8, 4) is 23.0 Å². The lowest BCUT2D eigenvalue weighted by atomic mass is 10.1. The minimum absolute atomic E-state index is 0.125. The SMILES string of the molecule is CCOc1cc(C(=O)N2CCOc3ccc(C)cc32)cc(OCC)c1OCC. The summed E-state index contributed by atoms with van der Waals surface area (Å²) < 4.78 is 22.9. The lowest BCUT2D eigenvalue weighted by Crippen LogP contribution is -2.38. The van der Waals surface area contributed by atoms with Crippen LogP contribution >= 0.6 is 0 Å². The number of rotatable bonds is 7. The van der Waals surface area contributed by atoms with Gasteiger partial charge in [-0.2, -0.15) is 0 Å². The Kier molecular flexibility index (Phi) is 6.29. The quantitative estimate of drug-likeness (QED) is 0.714. The van der Waals surface area contributed by atoms with Crippen LogP contribution in [-0.2, 0) is 0 Å². The summed E-state index contributed by atoms with van der Waals surface area (Å²) in [6.45, 7) is 10.0. The fraction of sp³-hybridized carbons (Fsp3) is 0.409. The van der Waals surface area contributed by atoms with Crippen molar-refractivity contribution in [3.63, 3.8) is 0 Å². The van der Waals surface area contributed by atoms with Crippen LogP contribution in [0.25, 0.3) is 0 Å². The molecular weight excluding hydrogens is 358 g/mol. The fourth-order valence-electron chi connectivity index (χ4n) is 3.21. The summed E-state index contributed by atoms with van der Waals surface area (Å²) in [5.41, 5.74) is 2.34. The molecule has 28 heavy (non-hydrogen) atoms. The number of hydrogen-bond donors (Lipinski definition) is 0. The molecule has 0 spiro atoms. The molecule has 2 aromatic carbocycles. The lowest BCUT2D eigenvalue weighted by molar-refractivity contribution is 0.0975. The molecule has 0 aromatic heterocycles. The van der Waals surface area contributed by atoms with Crippen LogP contribution in [0.1, 0.15) is 36.7 Å². The van der Waals surface area contributed by atoms with E-state index < -0.39 is 0 Å². The van der Waals surface area contributed by atoms with E-state index in [9.17, 15) is 4.79 Å². The summed E-state index contributed by atoms with van der Waals surface area (Å²) >= 11 is 0. The number of carbonyl (C=O) groups is 1. The predicted molar refractivity (Wildman–Crippen MR) is 108 cm³/mol. The predicted octanol–water partition coefficient (Wildman–Crippen LogP) is 4.23. The number of aryl methyl sites for hydroxylation is 1. The highest BCUT2D eigenvalue weighted by Gasteiger charge is 2.27. The second kappa shape index (κ2) is 8.87. The molecule has 1 heterocycles. The van der Waals surface area contributed by atoms with Crippen molar-refractivity contribution in [1.82, 2.24) is 0 Å². The van der Waals surface area contributed by atoms with Gasteiger partial charge in [0.05, 0.1) is 32.1 Å². The minimum atomic E-state index is -0.125. The monoisotopic (exact) mass is 385 g/mol. The number of amides is 1. The van der Waals surface area contributed by atoms with E-state index >= 15 is 0 Å². The summed E-state index contributed by atoms with van der Waals surface area (Å²) in [6.07, 6.45) is 0. The van der Waals surface area contributed by atoms with E-state index in [0.717, 1.165) is 11.3 Å². The molecule has 0 saturated heterocycles. The number of benzene rings is 2. The summed E-state index contributed by atoms with van der Waals surface area (Å²) in [6, 6.07) is 9.30. The molecule has 0 radical (unpaired) electrons. The van der Waals surface area contributed by atoms with Gasteiger partial charge in [0, 0.05) is 5.56 Å². The van der Waals surface area contributed by atoms with Crippen molar-refractivity contribution < 1.29 is 23.7 Å². The molecule has 2 aromatic rings. The number of nitrogens with zero attached hydrogens (tertiary/aromatic N) is 1. The third kappa shape index (κ3) is 4.01. The third-order valence-corrected chi connectivity index (χ3v) is 4.38. The summed E-state index contributed by atoms with van der Waals surface area (Å²) in [7, 11) is 0. The maximum atomic E-state index is 13.4. The largest absolute Gasteiger partial charge is 0.490 e. The molecule has 0 fully saturated rings. The highest BCUT2D eigenvalue weighted by Crippen LogP contribution is 2.40. The van der Waals surface area contributed by atoms with E-state index in [0.29, 0.717) is 61.5 Å². The molecule has 1 aliphatic heterocycles. The fourth-order valence-corrected chi connectivity index (χ4v) is 3.21. The molecule has 0 atom stereocenters. The first kappa shape index (κ1) is 19.9. The van der Waals surface area contributed by atoms with Crippen LogP contribution < -0.4 is 23.8 Å². The second-order valence-electron chi connectivity index (χ2n) is 6.38. The zero-order chi connectivity index (χ0) is 20.1. The van der Waals surface area contributed by atoms with Gasteiger partial charge in [-0.15, -0.1) is 0 Å². The number of carbonyl (C=O) groups excluding carboxylic acids is 1. The van der Waals surface area contributed by atoms with E-state index in [4.69, 9.17) is 18.9 Å². The maximum Gasteiger partial charge on any atom is 0.258 e. The van der Waals surface area contributed by atoms with Gasteiger partial charge < -0.3 is 23.8 Å². The van der Waals surface area contributed by atoms with Gasteiger partial charge in [-0.05, 0) is 57.5 Å². The van der Waals surface area contributed by atoms with Gasteiger partial charge in [0.25, 0.3) is 5.91 Å². The number of anilines is 1. The van der Waals surface area contributed by atoms with Gasteiger partial charge in [0.2, 0.25) is 5.75 Å². The summed E-state index contributed by atoms with van der Waals surface area (Å²) in [5, 5.41) is 0. The average Bonchev–Trinajstić information content (AvgIpc) is 2.69. The Morgan fingerprint density at radius 2 is 1.64 bits per heavy atom. The first-order valence-electron chi connectivity index (χ1n) is 9.70. The molecule has 6 heteroatoms. The van der Waals surface area contributed by atoms with Crippen LogP contribution in [-0.4, -0.2) is 38.9 Å². The van der Waals surface area contributed by atoms with Gasteiger partial charge in [0.1, 0.15) is 12.4 Å². The van der Waals surface area contributed by atoms with Crippen molar-refractivity contribution >= 4 is 11.6 Å². The molecule has 0 aliphatic carbocycles. The smallest absolute Gasteiger partial charge is 0.258 e. The van der Waals surface area contributed by atoms with E-state index in [-0.39, 0.29) is 5.91 Å². The number of fused-ring (bicyclic) bond motifs is 1. The lowest BCUT2D eigenvalue weighted by Gasteiger charge is -2.30. The molecule has 6 nitrogen and oxygen atoms in total. The Hall–Kier alpha value is -2.89. The zero-order valence-corrected chi connectivity index (χ0v) is 16.9. The highest BCUT2D eigenvalue weighted by molar-refractivity contribution is 6.08. The first-order valence-corrected chi connectivity index (χ1v) is 9.70. The molecule has 1 amide bonds. The van der Waals surface area contributed by atoms with Gasteiger partial charge >= 0.3 is 0 Å². The van der Waals surface area contributed by atoms with Crippen molar-refractivity contribution in [1.29, 1.82) is 0 Å². The third-order valence-electron chi connectivity index (χ3n) is 4.38. The average molecular weight is 385 g/mol. The van der Waals surface area contributed by atoms with E-state index in [2.05, 4.69) is 0 Å². The Bertz CT molecular complexity index is 822. The van der Waals surface area contributed by atoms with Gasteiger partial charge in [-0.1, -0.05) is 6.07 Å². The van der Waals surface area contributed by atoms with E-state index in [1.54, 1.807) is 17.0 Å². The Labute approximate surface area is 166 Å². The molecule has 3 rings (SSSR count). The topological polar surface area (TPSA) is 57.2 Å². The molecular formula is C22H27NO5. The molecule has 0 N–H and O–H groups in total. The van der Waals surface area contributed by atoms with Crippen LogP contribution in [0.15, 0.2) is 30.3 Å². The molecule has 150 valence electrons. The highest BCUT2D eigenvalue weighted by atomic mass is 16.5. The van der Waals surface area contributed by atoms with Crippen molar-refractivity contribution in [2.45, 2.75) is 27.7 Å². The number of hydrogen-bond acceptors (Lipinski definition) is 5. The second-order valence-corrected chi connectivity index (χ2v) is 6.38. The maximum absolute atomic E-state index is 13.4. The Balaban J connectivity index is 2.03. The van der Waals surface area contributed by atoms with E-state index in [1.165, 1.54) is 0 Å². The molecule has 1 aliphatic rings. The normalized spacial score (nSPS) is 12.8. The number of ether oxygens (including phenoxy) is 4. The van der Waals surface area contributed by atoms with Crippen LogP contribution in [0.4, 0.5) is 5.69 Å². The molecule has 0 saturated carbocycles. The molecule has 0 unspecified atom stereocenters. The van der Waals surface area contributed by atoms with Gasteiger partial charge in [-0.3, -0.25) is 4.79 Å². The summed E-state index contributed by atoms with van der Waals surface area (Å²) in [4.78, 5) is 15.1. The van der Waals surface area contributed by atoms with Crippen LogP contribution in [0.5, 0.6) is 23.0 Å². The van der Waals surface area contributed by atoms with Gasteiger partial charge in [-0.25, -0.2) is 0 Å². The first-order chi connectivity index (χ1) is 13.6. The Morgan fingerprint density at radius 3 is 2.25 bits per heavy atom. The molecule has 0 bridgehead atoms. The Morgan fingerprint density at radius 1 is 1.00 bits per heavy atom. The van der Waals surface area contributed by atoms with Gasteiger partial charge in [0.15, 0.2) is 11.5 Å². The minimum Gasteiger partial charge on any atom is -0.490 e. The standard InChI is InChI=1S/C22H27NO5/c1-5-25-19-13-16(14-20(26-6-2)21(19)27-7-3)22(24)23-10-11-28-18-9-8-15(4)12-17(18)23/h8-9,12-14H,5-7,10-11H2,1-4H3.